The highest BCUT2D eigenvalue weighted by Gasteiger charge is 2.39. The SMILES string of the molecule is C.CC(=O)/C(=C\c1cnc(NC2CCC3(CC2)OCCCO3)nc1C)c1ccccc1Cl. The van der Waals surface area contributed by atoms with Crippen LogP contribution in [0.2, 0.25) is 5.02 Å². The molecule has 1 aromatic heterocycles. The fourth-order valence-corrected chi connectivity index (χ4v) is 4.42. The Labute approximate surface area is 195 Å². The van der Waals surface area contributed by atoms with Crippen molar-refractivity contribution in [3.05, 3.63) is 52.3 Å². The maximum atomic E-state index is 12.3. The summed E-state index contributed by atoms with van der Waals surface area (Å²) in [4.78, 5) is 21.4. The summed E-state index contributed by atoms with van der Waals surface area (Å²) >= 11 is 6.30. The molecule has 0 atom stereocenters. The summed E-state index contributed by atoms with van der Waals surface area (Å²) in [6, 6.07) is 7.62. The Hall–Kier alpha value is -2.28. The third-order valence-corrected chi connectivity index (χ3v) is 6.29. The molecule has 1 saturated carbocycles. The standard InChI is InChI=1S/C24H28ClN3O3.CH4/c1-16-18(14-21(17(2)29)20-6-3-4-7-22(20)25)15-26-23(27-16)28-19-8-10-24(11-9-19)30-12-5-13-31-24;/h3-4,6-7,14-15,19H,5,8-13H2,1-2H3,(H,26,27,28);1H4/b21-14+;. The lowest BCUT2D eigenvalue weighted by molar-refractivity contribution is -0.280. The molecule has 1 N–H and O–H groups in total. The van der Waals surface area contributed by atoms with Crippen molar-refractivity contribution in [2.75, 3.05) is 18.5 Å². The second-order valence-electron chi connectivity index (χ2n) is 8.21. The molecule has 2 aliphatic rings. The number of allylic oxidation sites excluding steroid dienone is 1. The molecule has 7 heteroatoms. The first-order chi connectivity index (χ1) is 15.0. The molecule has 172 valence electrons. The maximum Gasteiger partial charge on any atom is 0.223 e. The number of carbonyl (C=O) groups excluding carboxylic acids is 1. The lowest BCUT2D eigenvalue weighted by atomic mass is 9.89. The van der Waals surface area contributed by atoms with Crippen molar-refractivity contribution in [1.29, 1.82) is 0 Å². The van der Waals surface area contributed by atoms with Crippen molar-refractivity contribution in [1.82, 2.24) is 9.97 Å². The normalized spacial score (nSPS) is 18.8. The van der Waals surface area contributed by atoms with Gasteiger partial charge in [-0.1, -0.05) is 37.2 Å². The van der Waals surface area contributed by atoms with Gasteiger partial charge in [0.15, 0.2) is 11.6 Å². The first-order valence-corrected chi connectivity index (χ1v) is 11.2. The van der Waals surface area contributed by atoms with Crippen LogP contribution < -0.4 is 5.32 Å². The molecule has 1 saturated heterocycles. The third-order valence-electron chi connectivity index (χ3n) is 5.96. The maximum absolute atomic E-state index is 12.3. The van der Waals surface area contributed by atoms with E-state index in [0.29, 0.717) is 22.1 Å². The number of aryl methyl sites for hydroxylation is 1. The number of aromatic nitrogens is 2. The van der Waals surface area contributed by atoms with Gasteiger partial charge in [0.1, 0.15) is 0 Å². The number of rotatable bonds is 5. The molecule has 4 rings (SSSR count). The Morgan fingerprint density at radius 2 is 1.91 bits per heavy atom. The summed E-state index contributed by atoms with van der Waals surface area (Å²) < 4.78 is 11.8. The number of Topliss-reactive ketones (excluding diaryl/α,β-unsaturated/α-hetero) is 1. The molecule has 1 aliphatic carbocycles. The molecule has 0 bridgehead atoms. The average Bonchev–Trinajstić information content (AvgIpc) is 2.76. The molecular formula is C25H32ClN3O3. The van der Waals surface area contributed by atoms with E-state index >= 15 is 0 Å². The lowest BCUT2D eigenvalue weighted by Crippen LogP contribution is -2.45. The molecule has 0 radical (unpaired) electrons. The van der Waals surface area contributed by atoms with Gasteiger partial charge in [0.2, 0.25) is 5.95 Å². The van der Waals surface area contributed by atoms with Gasteiger partial charge in [-0.2, -0.15) is 0 Å². The van der Waals surface area contributed by atoms with Crippen LogP contribution in [-0.2, 0) is 14.3 Å². The van der Waals surface area contributed by atoms with Gasteiger partial charge in [0, 0.05) is 46.8 Å². The number of benzene rings is 1. The first kappa shape index (κ1) is 24.4. The Balaban J connectivity index is 0.00000289. The van der Waals surface area contributed by atoms with Crippen molar-refractivity contribution < 1.29 is 14.3 Å². The number of hydrogen-bond acceptors (Lipinski definition) is 6. The quantitative estimate of drug-likeness (QED) is 0.581. The summed E-state index contributed by atoms with van der Waals surface area (Å²) in [5.74, 6) is 0.158. The van der Waals surface area contributed by atoms with Gasteiger partial charge < -0.3 is 14.8 Å². The summed E-state index contributed by atoms with van der Waals surface area (Å²) in [7, 11) is 0. The van der Waals surface area contributed by atoms with Gasteiger partial charge in [-0.15, -0.1) is 0 Å². The van der Waals surface area contributed by atoms with Gasteiger partial charge in [-0.25, -0.2) is 9.97 Å². The van der Waals surface area contributed by atoms with Crippen molar-refractivity contribution in [3.8, 4) is 0 Å². The van der Waals surface area contributed by atoms with Crippen LogP contribution in [0.3, 0.4) is 0 Å². The molecule has 0 amide bonds. The first-order valence-electron chi connectivity index (χ1n) is 10.8. The minimum absolute atomic E-state index is 0. The van der Waals surface area contributed by atoms with Crippen molar-refractivity contribution in [2.24, 2.45) is 0 Å². The smallest absolute Gasteiger partial charge is 0.223 e. The minimum Gasteiger partial charge on any atom is -0.351 e. The second-order valence-corrected chi connectivity index (χ2v) is 8.62. The topological polar surface area (TPSA) is 73.3 Å². The van der Waals surface area contributed by atoms with E-state index in [1.54, 1.807) is 12.3 Å². The van der Waals surface area contributed by atoms with E-state index < -0.39 is 0 Å². The largest absolute Gasteiger partial charge is 0.351 e. The molecule has 1 spiro atoms. The molecule has 6 nitrogen and oxygen atoms in total. The summed E-state index contributed by atoms with van der Waals surface area (Å²) in [6.45, 7) is 5.02. The Morgan fingerprint density at radius 1 is 1.22 bits per heavy atom. The molecule has 2 fully saturated rings. The zero-order chi connectivity index (χ0) is 21.8. The molecular weight excluding hydrogens is 426 g/mol. The number of nitrogens with one attached hydrogen (secondary N) is 1. The van der Waals surface area contributed by atoms with Crippen LogP contribution in [0.15, 0.2) is 30.5 Å². The second kappa shape index (κ2) is 10.6. The number of nitrogens with zero attached hydrogens (tertiary/aromatic N) is 2. The zero-order valence-corrected chi connectivity index (χ0v) is 18.7. The number of anilines is 1. The Kier molecular flexibility index (Phi) is 8.04. The van der Waals surface area contributed by atoms with Crippen LogP contribution in [0.4, 0.5) is 5.95 Å². The van der Waals surface area contributed by atoms with E-state index in [-0.39, 0.29) is 25.0 Å². The van der Waals surface area contributed by atoms with Crippen molar-refractivity contribution >= 4 is 35.0 Å². The molecule has 0 unspecified atom stereocenters. The van der Waals surface area contributed by atoms with Crippen molar-refractivity contribution in [2.45, 2.75) is 65.2 Å². The number of ketones is 1. The van der Waals surface area contributed by atoms with E-state index in [0.717, 1.165) is 56.6 Å². The highest BCUT2D eigenvalue weighted by molar-refractivity contribution is 6.36. The van der Waals surface area contributed by atoms with Crippen LogP contribution in [0.1, 0.15) is 63.3 Å². The summed E-state index contributed by atoms with van der Waals surface area (Å²) in [6.07, 6.45) is 8.19. The zero-order valence-electron chi connectivity index (χ0n) is 18.0. The summed E-state index contributed by atoms with van der Waals surface area (Å²) in [5, 5.41) is 3.99. The van der Waals surface area contributed by atoms with E-state index in [4.69, 9.17) is 21.1 Å². The third kappa shape index (κ3) is 5.55. The average molecular weight is 458 g/mol. The van der Waals surface area contributed by atoms with Crippen molar-refractivity contribution in [3.63, 3.8) is 0 Å². The molecule has 2 heterocycles. The Bertz CT molecular complexity index is 976. The minimum atomic E-state index is -0.385. The van der Waals surface area contributed by atoms with Crippen LogP contribution in [0.25, 0.3) is 11.6 Å². The molecule has 32 heavy (non-hydrogen) atoms. The highest BCUT2D eigenvalue weighted by Crippen LogP contribution is 2.36. The monoisotopic (exact) mass is 457 g/mol. The Morgan fingerprint density at radius 3 is 2.53 bits per heavy atom. The predicted molar refractivity (Wildman–Crippen MR) is 129 cm³/mol. The van der Waals surface area contributed by atoms with Crippen LogP contribution in [0.5, 0.6) is 0 Å². The number of ether oxygens (including phenoxy) is 2. The van der Waals surface area contributed by atoms with E-state index in [1.165, 1.54) is 6.92 Å². The van der Waals surface area contributed by atoms with Crippen LogP contribution in [-0.4, -0.2) is 40.8 Å². The van der Waals surface area contributed by atoms with E-state index in [2.05, 4.69) is 15.3 Å². The lowest BCUT2D eigenvalue weighted by Gasteiger charge is -2.42. The fourth-order valence-electron chi connectivity index (χ4n) is 4.18. The van der Waals surface area contributed by atoms with Crippen LogP contribution in [0, 0.1) is 6.92 Å². The van der Waals surface area contributed by atoms with Gasteiger partial charge >= 0.3 is 0 Å². The molecule has 1 aliphatic heterocycles. The highest BCUT2D eigenvalue weighted by atomic mass is 35.5. The van der Waals surface area contributed by atoms with Gasteiger partial charge in [-0.3, -0.25) is 4.79 Å². The predicted octanol–water partition coefficient (Wildman–Crippen LogP) is 5.69. The van der Waals surface area contributed by atoms with E-state index in [9.17, 15) is 4.79 Å². The van der Waals surface area contributed by atoms with Gasteiger partial charge in [0.25, 0.3) is 0 Å². The summed E-state index contributed by atoms with van der Waals surface area (Å²) in [5.41, 5.74) is 2.85. The number of hydrogen-bond donors (Lipinski definition) is 1. The van der Waals surface area contributed by atoms with E-state index in [1.807, 2.05) is 31.2 Å². The number of halogens is 1. The van der Waals surface area contributed by atoms with Gasteiger partial charge in [-0.05, 0) is 45.3 Å². The van der Waals surface area contributed by atoms with Gasteiger partial charge in [0.05, 0.1) is 18.9 Å². The fraction of sp³-hybridized carbons (Fsp3) is 0.480. The molecule has 2 aromatic rings. The number of carbonyl (C=O) groups is 1. The van der Waals surface area contributed by atoms with Crippen LogP contribution >= 0.6 is 11.6 Å². The molecule has 1 aromatic carbocycles.